The molecule has 0 aliphatic heterocycles. The summed E-state index contributed by atoms with van der Waals surface area (Å²) >= 11 is 0. The zero-order valence-corrected chi connectivity index (χ0v) is 9.68. The van der Waals surface area contributed by atoms with E-state index in [1.807, 2.05) is 6.92 Å². The molecule has 0 bridgehead atoms. The van der Waals surface area contributed by atoms with E-state index < -0.39 is 0 Å². The molecule has 0 aromatic heterocycles. The van der Waals surface area contributed by atoms with Gasteiger partial charge in [-0.15, -0.1) is 9.24 Å². The minimum atomic E-state index is -0.243. The first kappa shape index (κ1) is 13.2. The van der Waals surface area contributed by atoms with Crippen molar-refractivity contribution in [3.05, 3.63) is 0 Å². The van der Waals surface area contributed by atoms with Crippen LogP contribution in [0.25, 0.3) is 0 Å². The fourth-order valence-corrected chi connectivity index (χ4v) is 1.07. The summed E-state index contributed by atoms with van der Waals surface area (Å²) in [4.78, 5) is 33.8. The van der Waals surface area contributed by atoms with Gasteiger partial charge in [0.15, 0.2) is 0 Å². The zero-order valence-electron chi connectivity index (χ0n) is 8.53. The van der Waals surface area contributed by atoms with Crippen molar-refractivity contribution < 1.29 is 14.4 Å². The Bertz CT molecular complexity index is 230. The van der Waals surface area contributed by atoms with Crippen LogP contribution in [0.1, 0.15) is 26.7 Å². The number of carbonyl (C=O) groups excluding carboxylic acids is 3. The third-order valence-corrected chi connectivity index (χ3v) is 2.63. The van der Waals surface area contributed by atoms with Crippen molar-refractivity contribution in [2.75, 3.05) is 6.54 Å². The van der Waals surface area contributed by atoms with Crippen molar-refractivity contribution in [2.24, 2.45) is 0 Å². The molecule has 0 aromatic carbocycles. The van der Waals surface area contributed by atoms with Gasteiger partial charge in [0.05, 0.1) is 5.66 Å². The molecule has 0 aromatic rings. The molecule has 2 atom stereocenters. The van der Waals surface area contributed by atoms with Crippen LogP contribution < -0.4 is 0 Å². The van der Waals surface area contributed by atoms with Crippen LogP contribution in [0.2, 0.25) is 0 Å². The highest BCUT2D eigenvalue weighted by Crippen LogP contribution is 2.08. The third-order valence-electron chi connectivity index (χ3n) is 1.87. The molecule has 0 rings (SSSR count). The van der Waals surface area contributed by atoms with E-state index in [-0.39, 0.29) is 30.3 Å². The van der Waals surface area contributed by atoms with E-state index in [1.165, 1.54) is 6.92 Å². The standard InChI is InChI=1S/C9H16NO3P/c1-3-8(14)9(13)10(6-11)5-4-7(2)12/h6,8H,3-5,14H2,1-2H3. The average molecular weight is 217 g/mol. The number of Topliss-reactive ketones (excluding diaryl/α,β-unsaturated/α-hetero) is 1. The minimum absolute atomic E-state index is 0.0264. The topological polar surface area (TPSA) is 54.5 Å². The van der Waals surface area contributed by atoms with Crippen LogP contribution in [0.3, 0.4) is 0 Å². The molecule has 0 fully saturated rings. The normalized spacial score (nSPS) is 11.9. The Morgan fingerprint density at radius 3 is 2.43 bits per heavy atom. The van der Waals surface area contributed by atoms with Crippen molar-refractivity contribution in [3.63, 3.8) is 0 Å². The Kier molecular flexibility index (Phi) is 6.30. The lowest BCUT2D eigenvalue weighted by Gasteiger charge is -2.17. The Labute approximate surface area is 86.2 Å². The van der Waals surface area contributed by atoms with Gasteiger partial charge in [0.1, 0.15) is 5.78 Å². The van der Waals surface area contributed by atoms with E-state index in [0.29, 0.717) is 12.8 Å². The number of hydrogen-bond donors (Lipinski definition) is 0. The number of hydrogen-bond acceptors (Lipinski definition) is 3. The smallest absolute Gasteiger partial charge is 0.235 e. The Balaban J connectivity index is 4.19. The largest absolute Gasteiger partial charge is 0.300 e. The van der Waals surface area contributed by atoms with Gasteiger partial charge in [0.25, 0.3) is 0 Å². The van der Waals surface area contributed by atoms with Gasteiger partial charge in [-0.1, -0.05) is 6.92 Å². The van der Waals surface area contributed by atoms with Gasteiger partial charge < -0.3 is 0 Å². The zero-order chi connectivity index (χ0) is 11.1. The lowest BCUT2D eigenvalue weighted by atomic mass is 10.2. The molecule has 0 saturated heterocycles. The maximum Gasteiger partial charge on any atom is 0.235 e. The monoisotopic (exact) mass is 217 g/mol. The number of carbonyl (C=O) groups is 3. The van der Waals surface area contributed by atoms with Crippen molar-refractivity contribution in [2.45, 2.75) is 32.3 Å². The van der Waals surface area contributed by atoms with Gasteiger partial charge in [0, 0.05) is 13.0 Å². The third kappa shape index (κ3) is 4.47. The van der Waals surface area contributed by atoms with Crippen LogP contribution in [0, 0.1) is 0 Å². The number of rotatable bonds is 6. The van der Waals surface area contributed by atoms with Crippen molar-refractivity contribution in [1.29, 1.82) is 0 Å². The van der Waals surface area contributed by atoms with Crippen LogP contribution in [-0.2, 0) is 14.4 Å². The molecule has 4 nitrogen and oxygen atoms in total. The van der Waals surface area contributed by atoms with Crippen molar-refractivity contribution in [1.82, 2.24) is 4.90 Å². The SMILES string of the molecule is CCC(P)C(=O)N(C=O)CCC(C)=O. The molecule has 0 heterocycles. The van der Waals surface area contributed by atoms with E-state index >= 15 is 0 Å². The summed E-state index contributed by atoms with van der Waals surface area (Å²) in [5.74, 6) is -0.268. The fourth-order valence-electron chi connectivity index (χ4n) is 0.880. The lowest BCUT2D eigenvalue weighted by Crippen LogP contribution is -2.36. The molecular weight excluding hydrogens is 201 g/mol. The highest BCUT2D eigenvalue weighted by molar-refractivity contribution is 7.19. The van der Waals surface area contributed by atoms with Crippen LogP contribution in [-0.4, -0.2) is 35.2 Å². The number of ketones is 1. The Hall–Kier alpha value is -0.760. The molecule has 2 unspecified atom stereocenters. The first-order valence-corrected chi connectivity index (χ1v) is 5.20. The van der Waals surface area contributed by atoms with Gasteiger partial charge in [-0.2, -0.15) is 0 Å². The highest BCUT2D eigenvalue weighted by Gasteiger charge is 2.18. The minimum Gasteiger partial charge on any atom is -0.300 e. The second-order valence-corrected chi connectivity index (χ2v) is 3.91. The summed E-state index contributed by atoms with van der Waals surface area (Å²) in [6, 6.07) is 0. The summed E-state index contributed by atoms with van der Waals surface area (Å²) in [5.41, 5.74) is -0.243. The number of amides is 2. The summed E-state index contributed by atoms with van der Waals surface area (Å²) in [6.45, 7) is 3.48. The van der Waals surface area contributed by atoms with E-state index in [9.17, 15) is 14.4 Å². The second-order valence-electron chi connectivity index (χ2n) is 3.10. The van der Waals surface area contributed by atoms with Crippen LogP contribution in [0.4, 0.5) is 0 Å². The molecule has 0 aliphatic rings. The molecule has 0 N–H and O–H groups in total. The molecule has 0 radical (unpaired) electrons. The number of imide groups is 1. The Morgan fingerprint density at radius 1 is 1.50 bits per heavy atom. The molecular formula is C9H16NO3P. The van der Waals surface area contributed by atoms with Crippen LogP contribution in [0.5, 0.6) is 0 Å². The molecule has 5 heteroatoms. The van der Waals surface area contributed by atoms with E-state index in [4.69, 9.17) is 0 Å². The first-order chi connectivity index (χ1) is 6.52. The van der Waals surface area contributed by atoms with Gasteiger partial charge in [0.2, 0.25) is 12.3 Å². The van der Waals surface area contributed by atoms with Gasteiger partial charge >= 0.3 is 0 Å². The maximum absolute atomic E-state index is 11.5. The predicted octanol–water partition coefficient (Wildman–Crippen LogP) is 0.604. The highest BCUT2D eigenvalue weighted by atomic mass is 31.0. The van der Waals surface area contributed by atoms with Gasteiger partial charge in [-0.05, 0) is 13.3 Å². The molecule has 0 spiro atoms. The van der Waals surface area contributed by atoms with E-state index in [1.54, 1.807) is 0 Å². The maximum atomic E-state index is 11.5. The first-order valence-electron chi connectivity index (χ1n) is 4.53. The predicted molar refractivity (Wildman–Crippen MR) is 56.9 cm³/mol. The average Bonchev–Trinajstić information content (AvgIpc) is 2.16. The molecule has 0 aliphatic carbocycles. The summed E-state index contributed by atoms with van der Waals surface area (Å²) in [6.07, 6.45) is 1.37. The number of nitrogens with zero attached hydrogens (tertiary/aromatic N) is 1. The molecule has 80 valence electrons. The summed E-state index contributed by atoms with van der Waals surface area (Å²) in [7, 11) is 2.39. The summed E-state index contributed by atoms with van der Waals surface area (Å²) < 4.78 is 0. The van der Waals surface area contributed by atoms with Crippen molar-refractivity contribution in [3.8, 4) is 0 Å². The Morgan fingerprint density at radius 2 is 2.07 bits per heavy atom. The van der Waals surface area contributed by atoms with E-state index in [0.717, 1.165) is 4.90 Å². The second kappa shape index (κ2) is 6.66. The summed E-state index contributed by atoms with van der Waals surface area (Å²) in [5, 5.41) is 0. The van der Waals surface area contributed by atoms with Crippen LogP contribution >= 0.6 is 9.24 Å². The molecule has 2 amide bonds. The molecule has 0 saturated carbocycles. The molecule has 14 heavy (non-hydrogen) atoms. The van der Waals surface area contributed by atoms with Crippen molar-refractivity contribution >= 4 is 27.3 Å². The van der Waals surface area contributed by atoms with Gasteiger partial charge in [-0.3, -0.25) is 19.3 Å². The van der Waals surface area contributed by atoms with E-state index in [2.05, 4.69) is 9.24 Å². The fraction of sp³-hybridized carbons (Fsp3) is 0.667. The van der Waals surface area contributed by atoms with Crippen LogP contribution in [0.15, 0.2) is 0 Å². The lowest BCUT2D eigenvalue weighted by molar-refractivity contribution is -0.138. The van der Waals surface area contributed by atoms with Gasteiger partial charge in [-0.25, -0.2) is 0 Å². The quantitative estimate of drug-likeness (QED) is 0.483.